The zero-order valence-corrected chi connectivity index (χ0v) is 16.4. The molecule has 3 rings (SSSR count). The summed E-state index contributed by atoms with van der Waals surface area (Å²) < 4.78 is 8.31. The Labute approximate surface area is 163 Å². The number of non-ortho nitro benzene ring substituents is 1. The van der Waals surface area contributed by atoms with E-state index in [0.29, 0.717) is 16.9 Å². The lowest BCUT2D eigenvalue weighted by molar-refractivity contribution is -0.384. The number of thiazole rings is 1. The number of benzene rings is 2. The van der Waals surface area contributed by atoms with Gasteiger partial charge < -0.3 is 9.30 Å². The summed E-state index contributed by atoms with van der Waals surface area (Å²) in [6, 6.07) is 11.2. The maximum Gasteiger partial charge on any atom is 0.279 e. The van der Waals surface area contributed by atoms with Crippen molar-refractivity contribution in [2.75, 3.05) is 19.1 Å². The van der Waals surface area contributed by atoms with Crippen LogP contribution in [0.3, 0.4) is 0 Å². The van der Waals surface area contributed by atoms with Crippen molar-refractivity contribution in [3.05, 3.63) is 62.9 Å². The number of hydrogen-bond donors (Lipinski definition) is 0. The highest BCUT2D eigenvalue weighted by Crippen LogP contribution is 2.23. The first kappa shape index (κ1) is 19.1. The Morgan fingerprint density at radius 2 is 2.04 bits per heavy atom. The van der Waals surface area contributed by atoms with Crippen LogP contribution in [0.2, 0.25) is 0 Å². The number of hydrogen-bond acceptors (Lipinski definition) is 6. The SMILES string of the molecule is COc1ccc2sc(=NC(=O)c3ccc([N+](=O)[O-])cc3)n(CCSC)c2c1. The number of ether oxygens (including phenoxy) is 1. The van der Waals surface area contributed by atoms with Gasteiger partial charge in [0.1, 0.15) is 5.75 Å². The van der Waals surface area contributed by atoms with Gasteiger partial charge in [-0.2, -0.15) is 16.8 Å². The monoisotopic (exact) mass is 403 g/mol. The van der Waals surface area contributed by atoms with Gasteiger partial charge >= 0.3 is 0 Å². The number of rotatable bonds is 6. The second-order valence-electron chi connectivity index (χ2n) is 5.58. The fourth-order valence-corrected chi connectivity index (χ4v) is 3.94. The predicted molar refractivity (Wildman–Crippen MR) is 108 cm³/mol. The van der Waals surface area contributed by atoms with Crippen molar-refractivity contribution >= 4 is 44.9 Å². The number of nitrogens with zero attached hydrogens (tertiary/aromatic N) is 3. The van der Waals surface area contributed by atoms with Crippen LogP contribution in [0.25, 0.3) is 10.2 Å². The molecule has 0 saturated carbocycles. The van der Waals surface area contributed by atoms with Crippen LogP contribution in [0, 0.1) is 10.1 Å². The molecule has 1 aromatic heterocycles. The van der Waals surface area contributed by atoms with E-state index in [9.17, 15) is 14.9 Å². The molecule has 0 aliphatic carbocycles. The van der Waals surface area contributed by atoms with Crippen molar-refractivity contribution in [1.29, 1.82) is 0 Å². The van der Waals surface area contributed by atoms with Gasteiger partial charge in [0.2, 0.25) is 0 Å². The smallest absolute Gasteiger partial charge is 0.279 e. The Balaban J connectivity index is 2.05. The summed E-state index contributed by atoms with van der Waals surface area (Å²) in [5, 5.41) is 10.8. The summed E-state index contributed by atoms with van der Waals surface area (Å²) in [5.74, 6) is 1.19. The number of nitro benzene ring substituents is 1. The van der Waals surface area contributed by atoms with Gasteiger partial charge in [0, 0.05) is 36.1 Å². The third-order valence-electron chi connectivity index (χ3n) is 3.93. The van der Waals surface area contributed by atoms with E-state index in [1.807, 2.05) is 29.0 Å². The van der Waals surface area contributed by atoms with E-state index >= 15 is 0 Å². The molecule has 2 aromatic carbocycles. The molecular weight excluding hydrogens is 386 g/mol. The molecule has 27 heavy (non-hydrogen) atoms. The molecule has 0 aliphatic heterocycles. The second-order valence-corrected chi connectivity index (χ2v) is 7.58. The molecule has 0 saturated heterocycles. The number of amides is 1. The van der Waals surface area contributed by atoms with Crippen LogP contribution < -0.4 is 9.54 Å². The minimum Gasteiger partial charge on any atom is -0.497 e. The molecule has 0 N–H and O–H groups in total. The first-order chi connectivity index (χ1) is 13.0. The van der Waals surface area contributed by atoms with E-state index in [2.05, 4.69) is 4.99 Å². The number of methoxy groups -OCH3 is 1. The Morgan fingerprint density at radius 1 is 1.30 bits per heavy atom. The number of carbonyl (C=O) groups is 1. The number of fused-ring (bicyclic) bond motifs is 1. The van der Waals surface area contributed by atoms with E-state index in [1.165, 1.54) is 35.6 Å². The summed E-state index contributed by atoms with van der Waals surface area (Å²) in [6.07, 6.45) is 2.02. The van der Waals surface area contributed by atoms with Gasteiger partial charge in [-0.05, 0) is 30.5 Å². The van der Waals surface area contributed by atoms with Gasteiger partial charge in [-0.3, -0.25) is 14.9 Å². The number of aryl methyl sites for hydroxylation is 1. The van der Waals surface area contributed by atoms with Crippen LogP contribution in [-0.2, 0) is 6.54 Å². The van der Waals surface area contributed by atoms with Gasteiger partial charge in [0.25, 0.3) is 11.6 Å². The maximum atomic E-state index is 12.5. The fourth-order valence-electron chi connectivity index (χ4n) is 2.54. The summed E-state index contributed by atoms with van der Waals surface area (Å²) in [4.78, 5) is 27.7. The van der Waals surface area contributed by atoms with E-state index in [-0.39, 0.29) is 5.69 Å². The third-order valence-corrected chi connectivity index (χ3v) is 5.58. The lowest BCUT2D eigenvalue weighted by atomic mass is 10.2. The highest BCUT2D eigenvalue weighted by molar-refractivity contribution is 7.98. The topological polar surface area (TPSA) is 86.7 Å². The minimum absolute atomic E-state index is 0.0597. The third kappa shape index (κ3) is 4.20. The number of nitro groups is 1. The van der Waals surface area contributed by atoms with E-state index in [1.54, 1.807) is 18.9 Å². The van der Waals surface area contributed by atoms with Gasteiger partial charge in [0.15, 0.2) is 4.80 Å². The quantitative estimate of drug-likeness (QED) is 0.462. The standard InChI is InChI=1S/C18H17N3O4S2/c1-25-14-7-8-16-15(11-14)20(9-10-26-2)18(27-16)19-17(22)12-3-5-13(6-4-12)21(23)24/h3-8,11H,9-10H2,1-2H3. The molecule has 1 amide bonds. The summed E-state index contributed by atoms with van der Waals surface area (Å²) in [7, 11) is 1.61. The van der Waals surface area contributed by atoms with Gasteiger partial charge in [0.05, 0.1) is 22.2 Å². The number of aromatic nitrogens is 1. The van der Waals surface area contributed by atoms with Crippen LogP contribution in [-0.4, -0.2) is 34.5 Å². The van der Waals surface area contributed by atoms with Gasteiger partial charge in [-0.1, -0.05) is 11.3 Å². The van der Waals surface area contributed by atoms with Crippen LogP contribution in [0.4, 0.5) is 5.69 Å². The molecule has 0 atom stereocenters. The van der Waals surface area contributed by atoms with Crippen molar-refractivity contribution in [2.24, 2.45) is 4.99 Å². The van der Waals surface area contributed by atoms with Crippen molar-refractivity contribution in [3.8, 4) is 5.75 Å². The molecule has 140 valence electrons. The Hall–Kier alpha value is -2.65. The van der Waals surface area contributed by atoms with Crippen LogP contribution in [0.1, 0.15) is 10.4 Å². The largest absolute Gasteiger partial charge is 0.497 e. The summed E-state index contributed by atoms with van der Waals surface area (Å²) in [6.45, 7) is 0.709. The zero-order valence-electron chi connectivity index (χ0n) is 14.7. The van der Waals surface area contributed by atoms with Gasteiger partial charge in [-0.25, -0.2) is 0 Å². The molecule has 3 aromatic rings. The minimum atomic E-state index is -0.499. The maximum absolute atomic E-state index is 12.5. The molecule has 9 heteroatoms. The van der Waals surface area contributed by atoms with E-state index in [4.69, 9.17) is 4.74 Å². The first-order valence-electron chi connectivity index (χ1n) is 8.03. The summed E-state index contributed by atoms with van der Waals surface area (Å²) >= 11 is 3.14. The van der Waals surface area contributed by atoms with Crippen molar-refractivity contribution in [2.45, 2.75) is 6.54 Å². The van der Waals surface area contributed by atoms with Crippen molar-refractivity contribution in [3.63, 3.8) is 0 Å². The van der Waals surface area contributed by atoms with Crippen LogP contribution >= 0.6 is 23.1 Å². The van der Waals surface area contributed by atoms with Gasteiger partial charge in [-0.15, -0.1) is 0 Å². The van der Waals surface area contributed by atoms with Crippen molar-refractivity contribution < 1.29 is 14.5 Å². The van der Waals surface area contributed by atoms with E-state index in [0.717, 1.165) is 21.7 Å². The Morgan fingerprint density at radius 3 is 2.67 bits per heavy atom. The Bertz CT molecular complexity index is 1050. The molecule has 1 heterocycles. The molecular formula is C18H17N3O4S2. The van der Waals surface area contributed by atoms with Crippen molar-refractivity contribution in [1.82, 2.24) is 4.57 Å². The van der Waals surface area contributed by atoms with Crippen LogP contribution in [0.5, 0.6) is 5.75 Å². The molecule has 0 aliphatic rings. The predicted octanol–water partition coefficient (Wildman–Crippen LogP) is 3.72. The molecule has 0 spiro atoms. The molecule has 0 unspecified atom stereocenters. The molecule has 0 bridgehead atoms. The molecule has 0 fully saturated rings. The lowest BCUT2D eigenvalue weighted by Gasteiger charge is -2.05. The number of carbonyl (C=O) groups excluding carboxylic acids is 1. The highest BCUT2D eigenvalue weighted by atomic mass is 32.2. The normalized spacial score (nSPS) is 11.7. The highest BCUT2D eigenvalue weighted by Gasteiger charge is 2.12. The molecule has 0 radical (unpaired) electrons. The molecule has 7 nitrogen and oxygen atoms in total. The average Bonchev–Trinajstić information content (AvgIpc) is 3.02. The zero-order chi connectivity index (χ0) is 19.4. The first-order valence-corrected chi connectivity index (χ1v) is 10.2. The Kier molecular flexibility index (Phi) is 5.92. The second kappa shape index (κ2) is 8.36. The summed E-state index contributed by atoms with van der Waals surface area (Å²) in [5.41, 5.74) is 1.21. The number of thioether (sulfide) groups is 1. The van der Waals surface area contributed by atoms with E-state index < -0.39 is 10.8 Å². The fraction of sp³-hybridized carbons (Fsp3) is 0.222. The average molecular weight is 403 g/mol. The van der Waals surface area contributed by atoms with Crippen LogP contribution in [0.15, 0.2) is 47.5 Å². The lowest BCUT2D eigenvalue weighted by Crippen LogP contribution is -2.18.